The van der Waals surface area contributed by atoms with Crippen LogP contribution >= 0.6 is 0 Å². The van der Waals surface area contributed by atoms with Crippen LogP contribution in [0.3, 0.4) is 0 Å². The van der Waals surface area contributed by atoms with Crippen LogP contribution in [0.4, 0.5) is 11.4 Å². The lowest BCUT2D eigenvalue weighted by Gasteiger charge is -2.24. The Labute approximate surface area is 191 Å². The Morgan fingerprint density at radius 1 is 0.656 bits per heavy atom. The number of benzene rings is 4. The number of anilines is 2. The van der Waals surface area contributed by atoms with Crippen molar-refractivity contribution in [3.8, 4) is 0 Å². The first-order chi connectivity index (χ1) is 15.6. The van der Waals surface area contributed by atoms with Crippen molar-refractivity contribution in [3.05, 3.63) is 145 Å². The highest BCUT2D eigenvalue weighted by Gasteiger charge is 2.18. The number of para-hydroxylation sites is 1. The van der Waals surface area contributed by atoms with Gasteiger partial charge in [-0.1, -0.05) is 111 Å². The van der Waals surface area contributed by atoms with E-state index in [0.717, 1.165) is 28.2 Å². The van der Waals surface area contributed by atoms with Gasteiger partial charge in [-0.25, -0.2) is 5.01 Å². The maximum absolute atomic E-state index is 5.20. The first-order valence-corrected chi connectivity index (χ1v) is 10.9. The average Bonchev–Trinajstić information content (AvgIpc) is 2.86. The Hall–Kier alpha value is -3.91. The summed E-state index contributed by atoms with van der Waals surface area (Å²) in [4.78, 5) is 0. The van der Waals surface area contributed by atoms with Crippen LogP contribution in [-0.4, -0.2) is 5.71 Å². The number of nitrogens with zero attached hydrogens (tertiary/aromatic N) is 2. The summed E-state index contributed by atoms with van der Waals surface area (Å²) < 4.78 is 0. The van der Waals surface area contributed by atoms with Crippen LogP contribution in [0.1, 0.15) is 30.5 Å². The lowest BCUT2D eigenvalue weighted by atomic mass is 9.85. The fourth-order valence-corrected chi connectivity index (χ4v) is 3.56. The third kappa shape index (κ3) is 4.70. The number of hydrazone groups is 1. The van der Waals surface area contributed by atoms with E-state index in [0.29, 0.717) is 0 Å². The monoisotopic (exact) mass is 416 g/mol. The quantitative estimate of drug-likeness (QED) is 0.171. The third-order valence-corrected chi connectivity index (χ3v) is 5.66. The van der Waals surface area contributed by atoms with Crippen LogP contribution < -0.4 is 5.01 Å². The predicted molar refractivity (Wildman–Crippen MR) is 137 cm³/mol. The molecule has 0 saturated heterocycles. The summed E-state index contributed by atoms with van der Waals surface area (Å²) in [6.07, 6.45) is 1.98. The molecule has 0 heterocycles. The summed E-state index contributed by atoms with van der Waals surface area (Å²) in [6, 6.07) is 39.5. The topological polar surface area (TPSA) is 15.6 Å². The molecule has 4 rings (SSSR count). The molecule has 0 aliphatic heterocycles. The summed E-state index contributed by atoms with van der Waals surface area (Å²) in [5.74, 6) is 0. The Morgan fingerprint density at radius 2 is 1.09 bits per heavy atom. The van der Waals surface area contributed by atoms with Crippen LogP contribution in [-0.2, 0) is 5.41 Å². The van der Waals surface area contributed by atoms with Crippen molar-refractivity contribution in [2.24, 2.45) is 5.10 Å². The lowest BCUT2D eigenvalue weighted by molar-refractivity contribution is 0.672. The van der Waals surface area contributed by atoms with Crippen molar-refractivity contribution in [1.82, 2.24) is 0 Å². The molecule has 4 aromatic rings. The Balaban J connectivity index is 1.86. The summed E-state index contributed by atoms with van der Waals surface area (Å²) in [6.45, 7) is 8.33. The van der Waals surface area contributed by atoms with Crippen LogP contribution in [0, 0.1) is 0 Å². The van der Waals surface area contributed by atoms with Crippen molar-refractivity contribution in [2.45, 2.75) is 19.3 Å². The molecule has 2 heteroatoms. The highest BCUT2D eigenvalue weighted by Crippen LogP contribution is 2.31. The first kappa shape index (κ1) is 21.3. The number of hydrogen-bond donors (Lipinski definition) is 0. The summed E-state index contributed by atoms with van der Waals surface area (Å²) in [5, 5.41) is 7.21. The van der Waals surface area contributed by atoms with Crippen molar-refractivity contribution in [3.63, 3.8) is 0 Å². The molecule has 0 aliphatic carbocycles. The van der Waals surface area contributed by atoms with E-state index in [1.165, 1.54) is 5.56 Å². The van der Waals surface area contributed by atoms with Crippen LogP contribution in [0.25, 0.3) is 0 Å². The molecule has 0 unspecified atom stereocenters. The molecule has 0 bridgehead atoms. The van der Waals surface area contributed by atoms with E-state index >= 15 is 0 Å². The van der Waals surface area contributed by atoms with E-state index in [1.807, 2.05) is 65.7 Å². The van der Waals surface area contributed by atoms with Gasteiger partial charge >= 0.3 is 0 Å². The molecule has 0 aliphatic rings. The number of hydrogen-bond acceptors (Lipinski definition) is 2. The molecule has 0 spiro atoms. The molecule has 0 atom stereocenters. The second-order valence-corrected chi connectivity index (χ2v) is 8.30. The van der Waals surface area contributed by atoms with Gasteiger partial charge in [0.2, 0.25) is 0 Å². The van der Waals surface area contributed by atoms with Crippen LogP contribution in [0.2, 0.25) is 0 Å². The van der Waals surface area contributed by atoms with Gasteiger partial charge in [-0.2, -0.15) is 5.10 Å². The van der Waals surface area contributed by atoms with E-state index in [1.54, 1.807) is 0 Å². The average molecular weight is 417 g/mol. The zero-order chi connectivity index (χ0) is 22.4. The molecule has 0 saturated carbocycles. The van der Waals surface area contributed by atoms with Crippen molar-refractivity contribution in [1.29, 1.82) is 0 Å². The van der Waals surface area contributed by atoms with Gasteiger partial charge in [0.1, 0.15) is 0 Å². The third-order valence-electron chi connectivity index (χ3n) is 5.66. The van der Waals surface area contributed by atoms with Gasteiger partial charge in [-0.15, -0.1) is 6.58 Å². The zero-order valence-corrected chi connectivity index (χ0v) is 18.6. The lowest BCUT2D eigenvalue weighted by Crippen LogP contribution is -2.16. The van der Waals surface area contributed by atoms with Gasteiger partial charge in [0.05, 0.1) is 17.1 Å². The highest BCUT2D eigenvalue weighted by molar-refractivity contribution is 6.13. The predicted octanol–water partition coefficient (Wildman–Crippen LogP) is 7.74. The highest BCUT2D eigenvalue weighted by atomic mass is 15.5. The van der Waals surface area contributed by atoms with E-state index in [4.69, 9.17) is 5.10 Å². The van der Waals surface area contributed by atoms with Gasteiger partial charge in [-0.3, -0.25) is 0 Å². The van der Waals surface area contributed by atoms with Crippen LogP contribution in [0.15, 0.2) is 133 Å². The minimum Gasteiger partial charge on any atom is -0.233 e. The molecule has 0 amide bonds. The first-order valence-electron chi connectivity index (χ1n) is 10.9. The maximum Gasteiger partial charge on any atom is 0.0984 e. The van der Waals surface area contributed by atoms with Crippen molar-refractivity contribution >= 4 is 17.1 Å². The summed E-state index contributed by atoms with van der Waals surface area (Å²) in [5.41, 5.74) is 6.22. The van der Waals surface area contributed by atoms with Gasteiger partial charge in [0.25, 0.3) is 0 Å². The molecule has 0 N–H and O–H groups in total. The van der Waals surface area contributed by atoms with E-state index in [-0.39, 0.29) is 5.41 Å². The molecule has 158 valence electrons. The van der Waals surface area contributed by atoms with E-state index in [9.17, 15) is 0 Å². The van der Waals surface area contributed by atoms with Gasteiger partial charge < -0.3 is 0 Å². The van der Waals surface area contributed by atoms with Gasteiger partial charge in [-0.05, 0) is 29.8 Å². The number of rotatable bonds is 7. The normalized spacial score (nSPS) is 10.9. The minimum absolute atomic E-state index is 0.0847. The van der Waals surface area contributed by atoms with Crippen LogP contribution in [0.5, 0.6) is 0 Å². The Kier molecular flexibility index (Phi) is 6.32. The van der Waals surface area contributed by atoms with E-state index < -0.39 is 0 Å². The molecule has 0 aromatic heterocycles. The fraction of sp³-hybridized carbons (Fsp3) is 0.100. The molecule has 0 fully saturated rings. The maximum atomic E-state index is 5.20. The second-order valence-electron chi connectivity index (χ2n) is 8.30. The van der Waals surface area contributed by atoms with Gasteiger partial charge in [0, 0.05) is 16.5 Å². The largest absolute Gasteiger partial charge is 0.233 e. The number of allylic oxidation sites excluding steroid dienone is 1. The summed E-state index contributed by atoms with van der Waals surface area (Å²) >= 11 is 0. The van der Waals surface area contributed by atoms with Crippen molar-refractivity contribution < 1.29 is 0 Å². The zero-order valence-electron chi connectivity index (χ0n) is 18.6. The van der Waals surface area contributed by atoms with Gasteiger partial charge in [0.15, 0.2) is 0 Å². The summed E-state index contributed by atoms with van der Waals surface area (Å²) in [7, 11) is 0. The van der Waals surface area contributed by atoms with Crippen molar-refractivity contribution in [2.75, 3.05) is 5.01 Å². The molecule has 4 aromatic carbocycles. The molecule has 0 radical (unpaired) electrons. The minimum atomic E-state index is -0.0847. The Morgan fingerprint density at radius 3 is 1.56 bits per heavy atom. The Bertz CT molecular complexity index is 1130. The molecule has 2 nitrogen and oxygen atoms in total. The second kappa shape index (κ2) is 9.49. The molecule has 32 heavy (non-hydrogen) atoms. The van der Waals surface area contributed by atoms with E-state index in [2.05, 4.69) is 81.1 Å². The smallest absolute Gasteiger partial charge is 0.0984 e. The fourth-order valence-electron chi connectivity index (χ4n) is 3.56. The molecular formula is C30H28N2. The SMILES string of the molecule is C=CC(C)(C)c1ccc(N(N=C(c2ccccc2)c2ccccc2)c2ccccc2)cc1. The molecular weight excluding hydrogens is 388 g/mol. The standard InChI is InChI=1S/C30H28N2/c1-4-30(2,3)26-20-22-28(23-21-26)32(27-18-12-7-13-19-27)31-29(24-14-8-5-9-15-24)25-16-10-6-11-17-25/h4-23H,1H2,2-3H3.